The zero-order valence-corrected chi connectivity index (χ0v) is 13.0. The van der Waals surface area contributed by atoms with Gasteiger partial charge < -0.3 is 0 Å². The summed E-state index contributed by atoms with van der Waals surface area (Å²) in [5, 5.41) is 0. The molecule has 0 aliphatic heterocycles. The summed E-state index contributed by atoms with van der Waals surface area (Å²) in [5.41, 5.74) is 6.64. The van der Waals surface area contributed by atoms with E-state index in [-0.39, 0.29) is 0 Å². The molecule has 0 radical (unpaired) electrons. The third-order valence-electron chi connectivity index (χ3n) is 3.18. The van der Waals surface area contributed by atoms with Crippen molar-refractivity contribution in [1.29, 1.82) is 0 Å². The topological polar surface area (TPSA) is 26.0 Å². The molecule has 0 spiro atoms. The molecule has 3 rings (SSSR count). The predicted octanol–water partition coefficient (Wildman–Crippen LogP) is 1.78. The number of anilines is 1. The summed E-state index contributed by atoms with van der Waals surface area (Å²) in [6, 6.07) is 30.0. The molecule has 0 heterocycles. The van der Waals surface area contributed by atoms with E-state index >= 15 is 0 Å². The Morgan fingerprint density at radius 3 is 1.35 bits per heavy atom. The summed E-state index contributed by atoms with van der Waals surface area (Å²) in [6.45, 7) is 0. The molecule has 0 aliphatic rings. The molecular formula is C18H16AsN. The number of nitrogens with two attached hydrogens (primary N) is 1. The zero-order valence-electron chi connectivity index (χ0n) is 11.1. The Labute approximate surface area is 124 Å². The van der Waals surface area contributed by atoms with Crippen molar-refractivity contribution in [1.82, 2.24) is 0 Å². The third kappa shape index (κ3) is 2.78. The molecule has 0 aliphatic carbocycles. The number of rotatable bonds is 3. The van der Waals surface area contributed by atoms with Crippen molar-refractivity contribution < 1.29 is 0 Å². The van der Waals surface area contributed by atoms with Crippen molar-refractivity contribution >= 4 is 33.4 Å². The standard InChI is InChI=1S/C18H16AsN/c20-18-13-11-17(12-14-18)19(15-7-3-1-4-8-15)16-9-5-2-6-10-16/h1-14H,20H2. The normalized spacial score (nSPS) is 10.7. The Morgan fingerprint density at radius 1 is 0.500 bits per heavy atom. The molecule has 3 aromatic rings. The quantitative estimate of drug-likeness (QED) is 0.578. The Balaban J connectivity index is 2.11. The van der Waals surface area contributed by atoms with Crippen LogP contribution in [0.1, 0.15) is 0 Å². The third-order valence-corrected chi connectivity index (χ3v) is 8.31. The van der Waals surface area contributed by atoms with Crippen molar-refractivity contribution in [2.24, 2.45) is 0 Å². The Bertz CT molecular complexity index is 623. The van der Waals surface area contributed by atoms with Crippen LogP contribution in [0.5, 0.6) is 0 Å². The van der Waals surface area contributed by atoms with Crippen molar-refractivity contribution in [2.45, 2.75) is 0 Å². The van der Waals surface area contributed by atoms with E-state index < -0.39 is 14.7 Å². The van der Waals surface area contributed by atoms with E-state index in [1.54, 1.807) is 0 Å². The van der Waals surface area contributed by atoms with Gasteiger partial charge in [0.2, 0.25) is 0 Å². The minimum absolute atomic E-state index is 0.823. The number of nitrogen functional groups attached to an aromatic ring is 1. The minimum atomic E-state index is -1.47. The first-order chi connectivity index (χ1) is 9.84. The van der Waals surface area contributed by atoms with Crippen molar-refractivity contribution in [3.8, 4) is 0 Å². The molecule has 0 unspecified atom stereocenters. The van der Waals surface area contributed by atoms with E-state index in [4.69, 9.17) is 5.73 Å². The van der Waals surface area contributed by atoms with E-state index in [0.717, 1.165) is 5.69 Å². The van der Waals surface area contributed by atoms with Crippen molar-refractivity contribution in [2.75, 3.05) is 5.73 Å². The van der Waals surface area contributed by atoms with Gasteiger partial charge in [-0.05, 0) is 0 Å². The molecule has 1 nitrogen and oxygen atoms in total. The molecule has 0 fully saturated rings. The Kier molecular flexibility index (Phi) is 3.89. The predicted molar refractivity (Wildman–Crippen MR) is 88.4 cm³/mol. The first-order valence-electron chi connectivity index (χ1n) is 6.60. The van der Waals surface area contributed by atoms with Crippen LogP contribution in [0.3, 0.4) is 0 Å². The number of hydrogen-bond acceptors (Lipinski definition) is 1. The van der Waals surface area contributed by atoms with Crippen LogP contribution in [0.2, 0.25) is 0 Å². The van der Waals surface area contributed by atoms with Gasteiger partial charge in [-0.2, -0.15) is 0 Å². The van der Waals surface area contributed by atoms with E-state index in [0.29, 0.717) is 0 Å². The average Bonchev–Trinajstić information content (AvgIpc) is 2.52. The number of hydrogen-bond donors (Lipinski definition) is 1. The van der Waals surface area contributed by atoms with Gasteiger partial charge >= 0.3 is 124 Å². The molecule has 0 bridgehead atoms. The fourth-order valence-corrected chi connectivity index (χ4v) is 7.01. The maximum atomic E-state index is 5.82. The van der Waals surface area contributed by atoms with E-state index in [1.807, 2.05) is 12.1 Å². The molecule has 0 atom stereocenters. The molecule has 2 heteroatoms. The first kappa shape index (κ1) is 13.0. The molecule has 98 valence electrons. The summed E-state index contributed by atoms with van der Waals surface area (Å²) >= 11 is -1.47. The van der Waals surface area contributed by atoms with Gasteiger partial charge in [0.15, 0.2) is 0 Å². The second-order valence-electron chi connectivity index (χ2n) is 4.60. The van der Waals surface area contributed by atoms with Crippen LogP contribution >= 0.6 is 0 Å². The molecular weight excluding hydrogens is 305 g/mol. The first-order valence-corrected chi connectivity index (χ1v) is 9.42. The summed E-state index contributed by atoms with van der Waals surface area (Å²) in [5.74, 6) is 0. The van der Waals surface area contributed by atoms with Gasteiger partial charge in [0.05, 0.1) is 0 Å². The van der Waals surface area contributed by atoms with Crippen molar-refractivity contribution in [3.63, 3.8) is 0 Å². The van der Waals surface area contributed by atoms with Gasteiger partial charge in [-0.3, -0.25) is 0 Å². The molecule has 3 aromatic carbocycles. The molecule has 2 N–H and O–H groups in total. The summed E-state index contributed by atoms with van der Waals surface area (Å²) in [6.07, 6.45) is 0. The van der Waals surface area contributed by atoms with Crippen LogP contribution in [-0.2, 0) is 0 Å². The van der Waals surface area contributed by atoms with Crippen LogP contribution in [0.25, 0.3) is 0 Å². The summed E-state index contributed by atoms with van der Waals surface area (Å²) < 4.78 is 4.29. The van der Waals surface area contributed by atoms with Crippen molar-refractivity contribution in [3.05, 3.63) is 84.9 Å². The van der Waals surface area contributed by atoms with Gasteiger partial charge in [-0.1, -0.05) is 0 Å². The fraction of sp³-hybridized carbons (Fsp3) is 0. The summed E-state index contributed by atoms with van der Waals surface area (Å²) in [4.78, 5) is 0. The second kappa shape index (κ2) is 5.98. The molecule has 0 saturated heterocycles. The molecule has 0 amide bonds. The van der Waals surface area contributed by atoms with Gasteiger partial charge in [0.25, 0.3) is 0 Å². The van der Waals surface area contributed by atoms with Gasteiger partial charge in [0, 0.05) is 0 Å². The van der Waals surface area contributed by atoms with Crippen LogP contribution in [-0.4, -0.2) is 14.7 Å². The van der Waals surface area contributed by atoms with E-state index in [9.17, 15) is 0 Å². The second-order valence-corrected chi connectivity index (χ2v) is 9.26. The molecule has 0 saturated carbocycles. The van der Waals surface area contributed by atoms with Gasteiger partial charge in [0.1, 0.15) is 0 Å². The molecule has 0 aromatic heterocycles. The van der Waals surface area contributed by atoms with Gasteiger partial charge in [-0.25, -0.2) is 0 Å². The maximum absolute atomic E-state index is 5.82. The fourth-order valence-electron chi connectivity index (χ4n) is 2.22. The Morgan fingerprint density at radius 2 is 0.900 bits per heavy atom. The molecule has 20 heavy (non-hydrogen) atoms. The monoisotopic (exact) mass is 321 g/mol. The van der Waals surface area contributed by atoms with E-state index in [1.165, 1.54) is 13.1 Å². The average molecular weight is 321 g/mol. The van der Waals surface area contributed by atoms with Crippen LogP contribution in [0.15, 0.2) is 84.9 Å². The van der Waals surface area contributed by atoms with Crippen LogP contribution in [0, 0.1) is 0 Å². The number of benzene rings is 3. The summed E-state index contributed by atoms with van der Waals surface area (Å²) in [7, 11) is 0. The Hall–Kier alpha value is -1.98. The van der Waals surface area contributed by atoms with Gasteiger partial charge in [-0.15, -0.1) is 0 Å². The van der Waals surface area contributed by atoms with Crippen LogP contribution < -0.4 is 18.8 Å². The SMILES string of the molecule is Nc1ccc([As](c2ccccc2)c2ccccc2)cc1. The zero-order chi connectivity index (χ0) is 13.8. The van der Waals surface area contributed by atoms with E-state index in [2.05, 4.69) is 72.8 Å². The van der Waals surface area contributed by atoms with Crippen LogP contribution in [0.4, 0.5) is 5.69 Å².